The monoisotopic (exact) mass is 295 g/mol. The summed E-state index contributed by atoms with van der Waals surface area (Å²) in [6.45, 7) is 4.97. The van der Waals surface area contributed by atoms with Crippen LogP contribution in [0.4, 0.5) is 16.2 Å². The average Bonchev–Trinajstić information content (AvgIpc) is 2.43. The summed E-state index contributed by atoms with van der Waals surface area (Å²) in [5, 5.41) is 5.14. The van der Waals surface area contributed by atoms with Crippen molar-refractivity contribution in [3.05, 3.63) is 24.3 Å². The van der Waals surface area contributed by atoms with E-state index >= 15 is 0 Å². The second kappa shape index (κ2) is 8.93. The fourth-order valence-electron chi connectivity index (χ4n) is 1.56. The molecule has 3 amide bonds. The molecule has 0 aliphatic heterocycles. The normalized spacial score (nSPS) is 11.7. The molecule has 0 bridgehead atoms. The SMILES string of the molecule is CCOCCO[C@H](C)C(=O)Nc1cccc(NC(N)=O)c1. The van der Waals surface area contributed by atoms with Crippen molar-refractivity contribution < 1.29 is 19.1 Å². The molecule has 0 spiro atoms. The molecule has 1 rings (SSSR count). The molecule has 1 aromatic rings. The minimum Gasteiger partial charge on any atom is -0.379 e. The number of anilines is 2. The first-order valence-electron chi connectivity index (χ1n) is 6.69. The van der Waals surface area contributed by atoms with Gasteiger partial charge in [-0.05, 0) is 32.0 Å². The van der Waals surface area contributed by atoms with Gasteiger partial charge in [0.2, 0.25) is 0 Å². The van der Waals surface area contributed by atoms with Gasteiger partial charge < -0.3 is 25.8 Å². The van der Waals surface area contributed by atoms with Crippen molar-refractivity contribution in [3.63, 3.8) is 0 Å². The lowest BCUT2D eigenvalue weighted by atomic mass is 10.2. The number of nitrogens with two attached hydrogens (primary N) is 1. The van der Waals surface area contributed by atoms with E-state index in [1.54, 1.807) is 31.2 Å². The molecule has 0 aliphatic rings. The highest BCUT2D eigenvalue weighted by Crippen LogP contribution is 2.15. The van der Waals surface area contributed by atoms with Gasteiger partial charge in [-0.1, -0.05) is 6.07 Å². The van der Waals surface area contributed by atoms with Gasteiger partial charge in [-0.3, -0.25) is 4.79 Å². The summed E-state index contributed by atoms with van der Waals surface area (Å²) in [5.74, 6) is -0.275. The molecule has 7 nitrogen and oxygen atoms in total. The summed E-state index contributed by atoms with van der Waals surface area (Å²) >= 11 is 0. The molecular weight excluding hydrogens is 274 g/mol. The van der Waals surface area contributed by atoms with Gasteiger partial charge in [0.25, 0.3) is 5.91 Å². The highest BCUT2D eigenvalue weighted by atomic mass is 16.5. The lowest BCUT2D eigenvalue weighted by Gasteiger charge is -2.14. The Labute approximate surface area is 123 Å². The van der Waals surface area contributed by atoms with Crippen LogP contribution in [-0.2, 0) is 14.3 Å². The Morgan fingerprint density at radius 2 is 1.90 bits per heavy atom. The minimum absolute atomic E-state index is 0.275. The van der Waals surface area contributed by atoms with Crippen molar-refractivity contribution in [2.45, 2.75) is 20.0 Å². The number of rotatable bonds is 8. The van der Waals surface area contributed by atoms with Crippen LogP contribution in [-0.4, -0.2) is 37.9 Å². The van der Waals surface area contributed by atoms with E-state index in [-0.39, 0.29) is 5.91 Å². The molecule has 0 saturated heterocycles. The Balaban J connectivity index is 2.48. The Morgan fingerprint density at radius 1 is 1.24 bits per heavy atom. The minimum atomic E-state index is -0.661. The van der Waals surface area contributed by atoms with Gasteiger partial charge in [0, 0.05) is 18.0 Å². The molecule has 4 N–H and O–H groups in total. The third-order valence-electron chi connectivity index (χ3n) is 2.57. The molecular formula is C14H21N3O4. The van der Waals surface area contributed by atoms with Gasteiger partial charge in [0.1, 0.15) is 6.10 Å². The lowest BCUT2D eigenvalue weighted by molar-refractivity contribution is -0.127. The van der Waals surface area contributed by atoms with Crippen molar-refractivity contribution in [1.82, 2.24) is 0 Å². The van der Waals surface area contributed by atoms with Crippen LogP contribution in [0.3, 0.4) is 0 Å². The number of primary amides is 1. The number of nitrogens with one attached hydrogen (secondary N) is 2. The quantitative estimate of drug-likeness (QED) is 0.633. The summed E-state index contributed by atoms with van der Waals surface area (Å²) in [7, 11) is 0. The number of carbonyl (C=O) groups is 2. The van der Waals surface area contributed by atoms with Gasteiger partial charge in [-0.2, -0.15) is 0 Å². The topological polar surface area (TPSA) is 103 Å². The highest BCUT2D eigenvalue weighted by Gasteiger charge is 2.13. The van der Waals surface area contributed by atoms with Crippen LogP contribution < -0.4 is 16.4 Å². The second-order valence-corrected chi connectivity index (χ2v) is 4.27. The van der Waals surface area contributed by atoms with E-state index in [1.807, 2.05) is 6.92 Å². The number of amides is 3. The van der Waals surface area contributed by atoms with E-state index in [0.717, 1.165) is 0 Å². The van der Waals surface area contributed by atoms with E-state index < -0.39 is 12.1 Å². The first-order chi connectivity index (χ1) is 10.0. The van der Waals surface area contributed by atoms with Crippen molar-refractivity contribution in [2.24, 2.45) is 5.73 Å². The average molecular weight is 295 g/mol. The molecule has 0 aliphatic carbocycles. The molecule has 0 saturated carbocycles. The molecule has 21 heavy (non-hydrogen) atoms. The zero-order valence-electron chi connectivity index (χ0n) is 12.2. The molecule has 1 atom stereocenters. The van der Waals surface area contributed by atoms with E-state index in [2.05, 4.69) is 10.6 Å². The summed E-state index contributed by atoms with van der Waals surface area (Å²) < 4.78 is 10.5. The fraction of sp³-hybridized carbons (Fsp3) is 0.429. The standard InChI is InChI=1S/C14H21N3O4/c1-3-20-7-8-21-10(2)13(18)16-11-5-4-6-12(9-11)17-14(15)19/h4-6,9-10H,3,7-8H2,1-2H3,(H,16,18)(H3,15,17,19)/t10-/m1/s1. The summed E-state index contributed by atoms with van der Waals surface area (Å²) in [4.78, 5) is 22.7. The zero-order valence-corrected chi connectivity index (χ0v) is 12.2. The first-order valence-corrected chi connectivity index (χ1v) is 6.69. The Hall–Kier alpha value is -2.12. The van der Waals surface area contributed by atoms with Crippen LogP contribution in [0.15, 0.2) is 24.3 Å². The summed E-state index contributed by atoms with van der Waals surface area (Å²) in [6, 6.07) is 6.02. The second-order valence-electron chi connectivity index (χ2n) is 4.27. The lowest BCUT2D eigenvalue weighted by Crippen LogP contribution is -2.29. The van der Waals surface area contributed by atoms with E-state index in [4.69, 9.17) is 15.2 Å². The third kappa shape index (κ3) is 6.73. The molecule has 0 unspecified atom stereocenters. The summed E-state index contributed by atoms with van der Waals surface area (Å²) in [6.07, 6.45) is -0.599. The van der Waals surface area contributed by atoms with Gasteiger partial charge >= 0.3 is 6.03 Å². The molecule has 116 valence electrons. The molecule has 0 heterocycles. The van der Waals surface area contributed by atoms with E-state index in [1.165, 1.54) is 0 Å². The highest BCUT2D eigenvalue weighted by molar-refractivity contribution is 5.95. The fourth-order valence-corrected chi connectivity index (χ4v) is 1.56. The number of hydrogen-bond donors (Lipinski definition) is 3. The maximum Gasteiger partial charge on any atom is 0.316 e. The van der Waals surface area contributed by atoms with Gasteiger partial charge in [0.15, 0.2) is 0 Å². The Bertz CT molecular complexity index is 479. The van der Waals surface area contributed by atoms with Crippen LogP contribution in [0, 0.1) is 0 Å². The molecule has 7 heteroatoms. The number of hydrogen-bond acceptors (Lipinski definition) is 4. The number of benzene rings is 1. The molecule has 1 aromatic carbocycles. The zero-order chi connectivity index (χ0) is 15.7. The van der Waals surface area contributed by atoms with Crippen molar-refractivity contribution in [2.75, 3.05) is 30.5 Å². The van der Waals surface area contributed by atoms with Gasteiger partial charge in [-0.25, -0.2) is 4.79 Å². The van der Waals surface area contributed by atoms with Crippen molar-refractivity contribution in [1.29, 1.82) is 0 Å². The van der Waals surface area contributed by atoms with Crippen LogP contribution in [0.25, 0.3) is 0 Å². The first kappa shape index (κ1) is 16.9. The van der Waals surface area contributed by atoms with Crippen LogP contribution in [0.2, 0.25) is 0 Å². The predicted octanol–water partition coefficient (Wildman–Crippen LogP) is 1.56. The number of ether oxygens (including phenoxy) is 2. The number of carbonyl (C=O) groups excluding carboxylic acids is 2. The smallest absolute Gasteiger partial charge is 0.316 e. The van der Waals surface area contributed by atoms with Crippen LogP contribution in [0.5, 0.6) is 0 Å². The molecule has 0 fully saturated rings. The maximum absolute atomic E-state index is 11.9. The summed E-state index contributed by atoms with van der Waals surface area (Å²) in [5.41, 5.74) is 6.09. The Morgan fingerprint density at radius 3 is 2.52 bits per heavy atom. The van der Waals surface area contributed by atoms with Crippen LogP contribution >= 0.6 is 0 Å². The van der Waals surface area contributed by atoms with Crippen LogP contribution in [0.1, 0.15) is 13.8 Å². The Kier molecular flexibility index (Phi) is 7.20. The molecule has 0 radical (unpaired) electrons. The largest absolute Gasteiger partial charge is 0.379 e. The van der Waals surface area contributed by atoms with Gasteiger partial charge in [-0.15, -0.1) is 0 Å². The third-order valence-corrected chi connectivity index (χ3v) is 2.57. The van der Waals surface area contributed by atoms with E-state index in [0.29, 0.717) is 31.2 Å². The van der Waals surface area contributed by atoms with Crippen molar-refractivity contribution >= 4 is 23.3 Å². The van der Waals surface area contributed by atoms with Gasteiger partial charge in [0.05, 0.1) is 13.2 Å². The predicted molar refractivity (Wildman–Crippen MR) is 80.2 cm³/mol. The van der Waals surface area contributed by atoms with Crippen molar-refractivity contribution in [3.8, 4) is 0 Å². The van der Waals surface area contributed by atoms with E-state index in [9.17, 15) is 9.59 Å². The number of urea groups is 1. The molecule has 0 aromatic heterocycles. The maximum atomic E-state index is 11.9.